The Balaban J connectivity index is -0.000000180. The van der Waals surface area contributed by atoms with Crippen LogP contribution in [0.5, 0.6) is 0 Å². The van der Waals surface area contributed by atoms with Gasteiger partial charge in [0.05, 0.1) is 0 Å². The van der Waals surface area contributed by atoms with Gasteiger partial charge in [-0.05, 0) is 0 Å². The summed E-state index contributed by atoms with van der Waals surface area (Å²) in [6.07, 6.45) is 0. The van der Waals surface area contributed by atoms with Gasteiger partial charge in [0.25, 0.3) is 10.1 Å². The molecule has 0 heterocycles. The Hall–Kier alpha value is 0.870. The molecule has 1 N–H and O–H groups in total. The third-order valence-electron chi connectivity index (χ3n) is 0.267. The van der Waals surface area contributed by atoms with E-state index in [1.54, 1.807) is 0 Å². The summed E-state index contributed by atoms with van der Waals surface area (Å²) in [5, 5.41) is 0. The Kier molecular flexibility index (Phi) is 6.87. The minimum absolute atomic E-state index is 0. The Morgan fingerprint density at radius 1 is 1.75 bits per heavy atom. The summed E-state index contributed by atoms with van der Waals surface area (Å²) in [5.41, 5.74) is 0. The van der Waals surface area contributed by atoms with Gasteiger partial charge in [-0.2, -0.15) is 8.42 Å². The molecule has 0 aromatic heterocycles. The van der Waals surface area contributed by atoms with E-state index in [9.17, 15) is 8.42 Å². The normalized spacial score (nSPS) is 10.2. The molecule has 0 atom stereocenters. The minimum Gasteiger partial charge on any atom is -1.00 e. The summed E-state index contributed by atoms with van der Waals surface area (Å²) in [4.78, 5) is 0. The first-order valence-corrected chi connectivity index (χ1v) is 3.11. The van der Waals surface area contributed by atoms with E-state index < -0.39 is 16.1 Å². The van der Waals surface area contributed by atoms with Crippen molar-refractivity contribution in [3.8, 4) is 0 Å². The molecule has 6 heteroatoms. The van der Waals surface area contributed by atoms with Crippen LogP contribution in [0.3, 0.4) is 0 Å². The summed E-state index contributed by atoms with van der Waals surface area (Å²) < 4.78 is 31.3. The van der Waals surface area contributed by atoms with Crippen LogP contribution in [0.2, 0.25) is 0 Å². The van der Waals surface area contributed by atoms with Crippen LogP contribution in [-0.2, 0) is 14.9 Å². The SMILES string of the molecule is COCS(=O)(=O)O.[H-].[Na+]. The summed E-state index contributed by atoms with van der Waals surface area (Å²) >= 11 is 0. The Morgan fingerprint density at radius 2 is 2.12 bits per heavy atom. The van der Waals surface area contributed by atoms with Crippen LogP contribution in [0, 0.1) is 0 Å². The van der Waals surface area contributed by atoms with E-state index in [1.807, 2.05) is 0 Å². The zero-order valence-electron chi connectivity index (χ0n) is 5.79. The van der Waals surface area contributed by atoms with Crippen molar-refractivity contribution in [2.24, 2.45) is 0 Å². The third kappa shape index (κ3) is 9.98. The fourth-order valence-corrected chi connectivity index (χ4v) is 0.447. The molecule has 0 aliphatic carbocycles. The van der Waals surface area contributed by atoms with Crippen molar-refractivity contribution in [3.05, 3.63) is 0 Å². The molecule has 0 radical (unpaired) electrons. The van der Waals surface area contributed by atoms with Crippen molar-refractivity contribution >= 4 is 10.1 Å². The molecular formula is C2H7NaO4S. The zero-order valence-corrected chi connectivity index (χ0v) is 7.60. The van der Waals surface area contributed by atoms with Gasteiger partial charge in [-0.25, -0.2) is 0 Å². The van der Waals surface area contributed by atoms with Crippen molar-refractivity contribution in [1.82, 2.24) is 0 Å². The molecule has 0 aromatic carbocycles. The largest absolute Gasteiger partial charge is 1.00 e. The molecule has 0 aromatic rings. The number of hydrogen-bond acceptors (Lipinski definition) is 3. The molecule has 0 amide bonds. The third-order valence-corrected chi connectivity index (χ3v) is 0.800. The molecular weight excluding hydrogens is 143 g/mol. The summed E-state index contributed by atoms with van der Waals surface area (Å²) in [6.45, 7) is 0. The first kappa shape index (κ1) is 11.6. The van der Waals surface area contributed by atoms with Crippen LogP contribution in [-0.4, -0.2) is 26.0 Å². The van der Waals surface area contributed by atoms with Gasteiger partial charge in [0, 0.05) is 7.11 Å². The van der Waals surface area contributed by atoms with E-state index in [0.29, 0.717) is 0 Å². The van der Waals surface area contributed by atoms with Gasteiger partial charge < -0.3 is 6.16 Å². The number of ether oxygens (including phenoxy) is 1. The fraction of sp³-hybridized carbons (Fsp3) is 1.00. The first-order chi connectivity index (χ1) is 3.06. The number of hydrogen-bond donors (Lipinski definition) is 1. The van der Waals surface area contributed by atoms with Crippen LogP contribution in [0.15, 0.2) is 0 Å². The maximum atomic E-state index is 9.66. The Bertz CT molecular complexity index is 132. The van der Waals surface area contributed by atoms with E-state index in [1.165, 1.54) is 7.11 Å². The van der Waals surface area contributed by atoms with Gasteiger partial charge in [0.15, 0.2) is 5.94 Å². The molecule has 0 saturated carbocycles. The number of rotatable bonds is 2. The van der Waals surface area contributed by atoms with Crippen LogP contribution in [0.1, 0.15) is 1.43 Å². The van der Waals surface area contributed by atoms with E-state index in [0.717, 1.165) is 0 Å². The fourth-order valence-electron chi connectivity index (χ4n) is 0.149. The van der Waals surface area contributed by atoms with Crippen molar-refractivity contribution in [3.63, 3.8) is 0 Å². The monoisotopic (exact) mass is 150 g/mol. The number of methoxy groups -OCH3 is 1. The predicted octanol–water partition coefficient (Wildman–Crippen LogP) is -3.41. The minimum atomic E-state index is -3.90. The Morgan fingerprint density at radius 3 is 2.12 bits per heavy atom. The maximum Gasteiger partial charge on any atom is 1.00 e. The van der Waals surface area contributed by atoms with Crippen molar-refractivity contribution in [2.45, 2.75) is 0 Å². The van der Waals surface area contributed by atoms with Gasteiger partial charge in [-0.3, -0.25) is 4.55 Å². The molecule has 0 bridgehead atoms. The maximum absolute atomic E-state index is 9.66. The van der Waals surface area contributed by atoms with Crippen LogP contribution in [0.25, 0.3) is 0 Å². The van der Waals surface area contributed by atoms with Crippen molar-refractivity contribution in [1.29, 1.82) is 0 Å². The van der Waals surface area contributed by atoms with Crippen molar-refractivity contribution in [2.75, 3.05) is 13.0 Å². The summed E-state index contributed by atoms with van der Waals surface area (Å²) in [5.74, 6) is -0.632. The molecule has 46 valence electrons. The van der Waals surface area contributed by atoms with E-state index >= 15 is 0 Å². The molecule has 0 rings (SSSR count). The van der Waals surface area contributed by atoms with E-state index in [4.69, 9.17) is 4.55 Å². The first-order valence-electron chi connectivity index (χ1n) is 1.50. The van der Waals surface area contributed by atoms with E-state index in [-0.39, 0.29) is 31.0 Å². The van der Waals surface area contributed by atoms with Crippen molar-refractivity contribution < 1.29 is 48.7 Å². The quantitative estimate of drug-likeness (QED) is 0.329. The van der Waals surface area contributed by atoms with Gasteiger partial charge in [0.1, 0.15) is 0 Å². The molecule has 0 fully saturated rings. The van der Waals surface area contributed by atoms with Crippen LogP contribution >= 0.6 is 0 Å². The van der Waals surface area contributed by atoms with Crippen LogP contribution < -0.4 is 29.6 Å². The standard InChI is InChI=1S/C2H6O4S.Na.H/c1-6-2-7(3,4)5;;/h2H2,1H3,(H,3,4,5);;/q;+1;-1. The summed E-state index contributed by atoms with van der Waals surface area (Å²) in [6, 6.07) is 0. The van der Waals surface area contributed by atoms with Crippen LogP contribution in [0.4, 0.5) is 0 Å². The summed E-state index contributed by atoms with van der Waals surface area (Å²) in [7, 11) is -2.71. The zero-order chi connectivity index (χ0) is 5.91. The average Bonchev–Trinajstić information content (AvgIpc) is 1.30. The second-order valence-electron chi connectivity index (χ2n) is 0.988. The molecule has 0 spiro atoms. The predicted molar refractivity (Wildman–Crippen MR) is 24.5 cm³/mol. The topological polar surface area (TPSA) is 63.6 Å². The van der Waals surface area contributed by atoms with Gasteiger partial charge in [0.2, 0.25) is 0 Å². The average molecular weight is 150 g/mol. The molecule has 0 aliphatic heterocycles. The second-order valence-corrected chi connectivity index (χ2v) is 2.39. The molecule has 0 unspecified atom stereocenters. The molecule has 0 aliphatic rings. The second kappa shape index (κ2) is 4.72. The molecule has 4 nitrogen and oxygen atoms in total. The van der Waals surface area contributed by atoms with Gasteiger partial charge in [-0.1, -0.05) is 0 Å². The molecule has 0 saturated heterocycles. The van der Waals surface area contributed by atoms with Gasteiger partial charge in [-0.15, -0.1) is 0 Å². The van der Waals surface area contributed by atoms with E-state index in [2.05, 4.69) is 4.74 Å². The smallest absolute Gasteiger partial charge is 1.00 e. The Labute approximate surface area is 71.7 Å². The van der Waals surface area contributed by atoms with Gasteiger partial charge >= 0.3 is 29.6 Å². The molecule has 8 heavy (non-hydrogen) atoms.